The van der Waals surface area contributed by atoms with Crippen LogP contribution in [0.3, 0.4) is 0 Å². The molecule has 0 saturated carbocycles. The van der Waals surface area contributed by atoms with Gasteiger partial charge in [-0.15, -0.1) is 0 Å². The number of hydrogen-bond donors (Lipinski definition) is 1. The van der Waals surface area contributed by atoms with Crippen LogP contribution in [0.25, 0.3) is 0 Å². The Balaban J connectivity index is 1.67. The summed E-state index contributed by atoms with van der Waals surface area (Å²) in [6.07, 6.45) is 1.52. The predicted octanol–water partition coefficient (Wildman–Crippen LogP) is 1.35. The molecule has 2 atom stereocenters. The van der Waals surface area contributed by atoms with E-state index in [1.807, 2.05) is 6.92 Å². The Morgan fingerprint density at radius 3 is 2.45 bits per heavy atom. The van der Waals surface area contributed by atoms with Crippen molar-refractivity contribution in [3.05, 3.63) is 29.8 Å². The van der Waals surface area contributed by atoms with E-state index in [0.717, 1.165) is 24.2 Å². The lowest BCUT2D eigenvalue weighted by Crippen LogP contribution is -2.42. The summed E-state index contributed by atoms with van der Waals surface area (Å²) in [4.78, 5) is 37.2. The molecule has 2 unspecified atom stereocenters. The summed E-state index contributed by atoms with van der Waals surface area (Å²) < 4.78 is 32.3. The molecule has 1 aromatic carbocycles. The van der Waals surface area contributed by atoms with Gasteiger partial charge in [-0.3, -0.25) is 9.69 Å². The highest BCUT2D eigenvalue weighted by molar-refractivity contribution is 7.89. The zero-order chi connectivity index (χ0) is 21.2. The van der Waals surface area contributed by atoms with Crippen molar-refractivity contribution in [3.63, 3.8) is 0 Å². The van der Waals surface area contributed by atoms with Crippen LogP contribution in [0, 0.1) is 0 Å². The Morgan fingerprint density at radius 1 is 1.17 bits per heavy atom. The van der Waals surface area contributed by atoms with Crippen LogP contribution in [0.4, 0.5) is 4.79 Å². The first-order chi connectivity index (χ1) is 13.7. The number of esters is 1. The predicted molar refractivity (Wildman–Crippen MR) is 104 cm³/mol. The first-order valence-electron chi connectivity index (χ1n) is 9.64. The van der Waals surface area contributed by atoms with E-state index in [2.05, 4.69) is 5.32 Å². The van der Waals surface area contributed by atoms with Crippen molar-refractivity contribution in [2.75, 3.05) is 19.6 Å². The molecule has 29 heavy (non-hydrogen) atoms. The second-order valence-electron chi connectivity index (χ2n) is 7.25. The van der Waals surface area contributed by atoms with Gasteiger partial charge < -0.3 is 10.1 Å². The minimum absolute atomic E-state index is 0.0620. The van der Waals surface area contributed by atoms with Crippen LogP contribution >= 0.6 is 0 Å². The molecule has 3 amide bonds. The summed E-state index contributed by atoms with van der Waals surface area (Å²) in [6, 6.07) is 4.89. The fourth-order valence-corrected chi connectivity index (χ4v) is 5.21. The molecule has 10 heteroatoms. The molecule has 9 nitrogen and oxygen atoms in total. The molecule has 2 aliphatic rings. The fourth-order valence-electron chi connectivity index (χ4n) is 3.51. The SMILES string of the molecule is CC(OC(=O)c1ccc(S(=O)(=O)N2CCCCC2C)cc1)C(=O)N1CCNC1=O. The topological polar surface area (TPSA) is 113 Å². The normalized spacial score (nSPS) is 21.5. The van der Waals surface area contributed by atoms with Gasteiger partial charge >= 0.3 is 12.0 Å². The van der Waals surface area contributed by atoms with Crippen molar-refractivity contribution in [3.8, 4) is 0 Å². The van der Waals surface area contributed by atoms with Gasteiger partial charge in [0.1, 0.15) is 0 Å². The maximum absolute atomic E-state index is 12.8. The van der Waals surface area contributed by atoms with E-state index in [-0.39, 0.29) is 23.0 Å². The Morgan fingerprint density at radius 2 is 1.86 bits per heavy atom. The number of benzene rings is 1. The van der Waals surface area contributed by atoms with Crippen molar-refractivity contribution in [1.82, 2.24) is 14.5 Å². The van der Waals surface area contributed by atoms with E-state index in [4.69, 9.17) is 4.74 Å². The molecule has 2 saturated heterocycles. The summed E-state index contributed by atoms with van der Waals surface area (Å²) in [7, 11) is -3.63. The standard InChI is InChI=1S/C19H25N3O6S/c1-13-5-3-4-11-22(13)29(26,27)16-8-6-15(7-9-16)18(24)28-14(2)17(23)21-12-10-20-19(21)25/h6-9,13-14H,3-5,10-12H2,1-2H3,(H,20,25). The van der Waals surface area contributed by atoms with Crippen LogP contribution in [-0.2, 0) is 19.6 Å². The van der Waals surface area contributed by atoms with Crippen molar-refractivity contribution in [2.45, 2.75) is 50.2 Å². The largest absolute Gasteiger partial charge is 0.449 e. The second kappa shape index (κ2) is 8.50. The smallest absolute Gasteiger partial charge is 0.338 e. The molecule has 2 fully saturated rings. The molecule has 158 valence electrons. The zero-order valence-electron chi connectivity index (χ0n) is 16.5. The molecule has 0 spiro atoms. The van der Waals surface area contributed by atoms with Crippen molar-refractivity contribution in [2.24, 2.45) is 0 Å². The quantitative estimate of drug-likeness (QED) is 0.715. The maximum atomic E-state index is 12.8. The van der Waals surface area contributed by atoms with E-state index in [1.165, 1.54) is 35.5 Å². The number of carbonyl (C=O) groups excluding carboxylic acids is 3. The number of imide groups is 1. The second-order valence-corrected chi connectivity index (χ2v) is 9.14. The Kier molecular flexibility index (Phi) is 6.23. The van der Waals surface area contributed by atoms with Gasteiger partial charge in [0.05, 0.1) is 10.5 Å². The van der Waals surface area contributed by atoms with E-state index in [9.17, 15) is 22.8 Å². The lowest BCUT2D eigenvalue weighted by atomic mass is 10.1. The summed E-state index contributed by atoms with van der Waals surface area (Å²) >= 11 is 0. The first-order valence-corrected chi connectivity index (χ1v) is 11.1. The number of amides is 3. The fraction of sp³-hybridized carbons (Fsp3) is 0.526. The van der Waals surface area contributed by atoms with Gasteiger partial charge in [-0.25, -0.2) is 18.0 Å². The van der Waals surface area contributed by atoms with Crippen LogP contribution < -0.4 is 5.32 Å². The number of carbonyl (C=O) groups is 3. The van der Waals surface area contributed by atoms with Gasteiger partial charge in [0, 0.05) is 25.7 Å². The van der Waals surface area contributed by atoms with Crippen LogP contribution in [0.15, 0.2) is 29.2 Å². The number of rotatable bonds is 5. The lowest BCUT2D eigenvalue weighted by Gasteiger charge is -2.32. The van der Waals surface area contributed by atoms with Gasteiger partial charge in [0.2, 0.25) is 10.0 Å². The lowest BCUT2D eigenvalue weighted by molar-refractivity contribution is -0.136. The van der Waals surface area contributed by atoms with Gasteiger partial charge in [-0.1, -0.05) is 6.42 Å². The van der Waals surface area contributed by atoms with E-state index in [1.54, 1.807) is 0 Å². The number of nitrogens with one attached hydrogen (secondary N) is 1. The van der Waals surface area contributed by atoms with Crippen LogP contribution in [0.5, 0.6) is 0 Å². The molecule has 2 heterocycles. The van der Waals surface area contributed by atoms with Gasteiger partial charge in [0.15, 0.2) is 6.10 Å². The molecule has 0 aromatic heterocycles. The van der Waals surface area contributed by atoms with Gasteiger partial charge in [-0.2, -0.15) is 4.31 Å². The molecule has 0 radical (unpaired) electrons. The van der Waals surface area contributed by atoms with E-state index < -0.39 is 34.0 Å². The monoisotopic (exact) mass is 423 g/mol. The highest BCUT2D eigenvalue weighted by Gasteiger charge is 2.33. The molecule has 0 bridgehead atoms. The van der Waals surface area contributed by atoms with E-state index >= 15 is 0 Å². The third-order valence-corrected chi connectivity index (χ3v) is 7.22. The third-order valence-electron chi connectivity index (χ3n) is 5.19. The maximum Gasteiger partial charge on any atom is 0.338 e. The van der Waals surface area contributed by atoms with Crippen molar-refractivity contribution in [1.29, 1.82) is 0 Å². The number of nitrogens with zero attached hydrogens (tertiary/aromatic N) is 2. The summed E-state index contributed by atoms with van der Waals surface area (Å²) in [5.41, 5.74) is 0.126. The molecular weight excluding hydrogens is 398 g/mol. The summed E-state index contributed by atoms with van der Waals surface area (Å²) in [5.74, 6) is -1.37. The zero-order valence-corrected chi connectivity index (χ0v) is 17.3. The average molecular weight is 423 g/mol. The number of sulfonamides is 1. The molecular formula is C19H25N3O6S. The minimum Gasteiger partial charge on any atom is -0.449 e. The number of urea groups is 1. The minimum atomic E-state index is -3.63. The van der Waals surface area contributed by atoms with Gasteiger partial charge in [0.25, 0.3) is 5.91 Å². The molecule has 1 N–H and O–H groups in total. The number of hydrogen-bond acceptors (Lipinski definition) is 6. The molecule has 2 aliphatic heterocycles. The third kappa shape index (κ3) is 4.43. The Labute approximate surface area is 170 Å². The first kappa shape index (κ1) is 21.3. The highest BCUT2D eigenvalue weighted by Crippen LogP contribution is 2.25. The Bertz CT molecular complexity index is 899. The molecule has 3 rings (SSSR count). The van der Waals surface area contributed by atoms with Gasteiger partial charge in [-0.05, 0) is 51.0 Å². The number of piperidine rings is 1. The van der Waals surface area contributed by atoms with Crippen molar-refractivity contribution < 1.29 is 27.5 Å². The van der Waals surface area contributed by atoms with E-state index in [0.29, 0.717) is 13.1 Å². The molecule has 1 aromatic rings. The average Bonchev–Trinajstić information content (AvgIpc) is 3.13. The van der Waals surface area contributed by atoms with Crippen LogP contribution in [0.1, 0.15) is 43.5 Å². The summed E-state index contributed by atoms with van der Waals surface area (Å²) in [5, 5.41) is 2.51. The highest BCUT2D eigenvalue weighted by atomic mass is 32.2. The number of ether oxygens (including phenoxy) is 1. The summed E-state index contributed by atoms with van der Waals surface area (Å²) in [6.45, 7) is 4.35. The molecule has 0 aliphatic carbocycles. The van der Waals surface area contributed by atoms with Crippen molar-refractivity contribution >= 4 is 27.9 Å². The van der Waals surface area contributed by atoms with Crippen LogP contribution in [0.2, 0.25) is 0 Å². The Hall–Kier alpha value is -2.46. The van der Waals surface area contributed by atoms with Crippen LogP contribution in [-0.4, -0.2) is 67.3 Å².